The molecule has 1 heterocycles. The molecule has 0 fully saturated rings. The minimum Gasteiger partial charge on any atom is -0.362 e. The third-order valence-electron chi connectivity index (χ3n) is 2.66. The summed E-state index contributed by atoms with van der Waals surface area (Å²) < 4.78 is 0. The maximum atomic E-state index is 5.81. The summed E-state index contributed by atoms with van der Waals surface area (Å²) in [6.07, 6.45) is 3.19. The van der Waals surface area contributed by atoms with Crippen molar-refractivity contribution >= 4 is 29.2 Å². The van der Waals surface area contributed by atoms with Crippen LogP contribution < -0.4 is 5.32 Å². The fraction of sp³-hybridized carbons (Fsp3) is 0.286. The summed E-state index contributed by atoms with van der Waals surface area (Å²) in [7, 11) is 0. The lowest BCUT2D eigenvalue weighted by atomic mass is 10.1. The Labute approximate surface area is 122 Å². The number of halogens is 1. The summed E-state index contributed by atoms with van der Waals surface area (Å²) in [6.45, 7) is 4.24. The Balaban J connectivity index is 2.05. The Bertz CT molecular complexity index is 530. The minimum absolute atomic E-state index is 0.161. The van der Waals surface area contributed by atoms with E-state index in [-0.39, 0.29) is 6.04 Å². The van der Waals surface area contributed by atoms with Gasteiger partial charge in [-0.15, -0.1) is 11.8 Å². The number of hydrogen-bond donors (Lipinski definition) is 1. The van der Waals surface area contributed by atoms with Gasteiger partial charge in [-0.1, -0.05) is 30.7 Å². The zero-order valence-corrected chi connectivity index (χ0v) is 12.5. The van der Waals surface area contributed by atoms with Gasteiger partial charge in [0.05, 0.1) is 12.4 Å². The Kier molecular flexibility index (Phi) is 5.05. The highest BCUT2D eigenvalue weighted by atomic mass is 35.5. The van der Waals surface area contributed by atoms with E-state index in [4.69, 9.17) is 11.6 Å². The first-order chi connectivity index (χ1) is 9.19. The van der Waals surface area contributed by atoms with E-state index >= 15 is 0 Å². The van der Waals surface area contributed by atoms with Crippen molar-refractivity contribution < 1.29 is 0 Å². The van der Waals surface area contributed by atoms with Crippen LogP contribution in [-0.4, -0.2) is 15.7 Å². The second-order valence-corrected chi connectivity index (χ2v) is 5.82. The second-order valence-electron chi connectivity index (χ2n) is 4.10. The number of anilines is 1. The van der Waals surface area contributed by atoms with Gasteiger partial charge in [-0.25, -0.2) is 4.98 Å². The first-order valence-corrected chi connectivity index (χ1v) is 7.52. The van der Waals surface area contributed by atoms with Crippen molar-refractivity contribution in [3.8, 4) is 0 Å². The highest BCUT2D eigenvalue weighted by molar-refractivity contribution is 7.99. The maximum absolute atomic E-state index is 5.81. The first kappa shape index (κ1) is 14.2. The number of rotatable bonds is 5. The molecule has 1 aromatic carbocycles. The molecule has 2 aromatic rings. The Morgan fingerprint density at radius 1 is 1.26 bits per heavy atom. The molecule has 0 aliphatic carbocycles. The number of benzene rings is 1. The van der Waals surface area contributed by atoms with Crippen molar-refractivity contribution in [2.75, 3.05) is 11.1 Å². The highest BCUT2D eigenvalue weighted by Gasteiger charge is 2.06. The van der Waals surface area contributed by atoms with Crippen LogP contribution in [0.15, 0.2) is 41.6 Å². The van der Waals surface area contributed by atoms with Crippen LogP contribution in [0.3, 0.4) is 0 Å². The van der Waals surface area contributed by atoms with Gasteiger partial charge in [0.1, 0.15) is 11.0 Å². The molecule has 3 nitrogen and oxygen atoms in total. The topological polar surface area (TPSA) is 37.8 Å². The zero-order valence-electron chi connectivity index (χ0n) is 10.9. The lowest BCUT2D eigenvalue weighted by molar-refractivity contribution is 0.869. The fourth-order valence-electron chi connectivity index (χ4n) is 1.74. The van der Waals surface area contributed by atoms with Crippen LogP contribution in [-0.2, 0) is 0 Å². The predicted octanol–water partition coefficient (Wildman–Crippen LogP) is 4.42. The Morgan fingerprint density at radius 3 is 2.63 bits per heavy atom. The van der Waals surface area contributed by atoms with Crippen molar-refractivity contribution in [1.29, 1.82) is 0 Å². The number of aromatic nitrogens is 2. The lowest BCUT2D eigenvalue weighted by Gasteiger charge is -2.15. The molecule has 100 valence electrons. The summed E-state index contributed by atoms with van der Waals surface area (Å²) in [6, 6.07) is 8.71. The predicted molar refractivity (Wildman–Crippen MR) is 81.9 cm³/mol. The van der Waals surface area contributed by atoms with Gasteiger partial charge in [-0.3, -0.25) is 4.98 Å². The van der Waals surface area contributed by atoms with Crippen LogP contribution in [0.4, 0.5) is 5.82 Å². The van der Waals surface area contributed by atoms with Gasteiger partial charge >= 0.3 is 0 Å². The smallest absolute Gasteiger partial charge is 0.149 e. The summed E-state index contributed by atoms with van der Waals surface area (Å²) in [4.78, 5) is 9.48. The molecular weight excluding hydrogens is 278 g/mol. The van der Waals surface area contributed by atoms with Crippen molar-refractivity contribution in [3.63, 3.8) is 0 Å². The molecule has 19 heavy (non-hydrogen) atoms. The molecule has 1 aromatic heterocycles. The van der Waals surface area contributed by atoms with Crippen LogP contribution in [0.25, 0.3) is 0 Å². The van der Waals surface area contributed by atoms with Crippen molar-refractivity contribution in [2.45, 2.75) is 24.8 Å². The molecular formula is C14H16ClN3S. The molecule has 0 spiro atoms. The van der Waals surface area contributed by atoms with Crippen molar-refractivity contribution in [2.24, 2.45) is 0 Å². The normalized spacial score (nSPS) is 12.2. The summed E-state index contributed by atoms with van der Waals surface area (Å²) >= 11 is 7.65. The number of nitrogens with one attached hydrogen (secondary N) is 1. The Morgan fingerprint density at radius 2 is 2.00 bits per heavy atom. The van der Waals surface area contributed by atoms with Crippen LogP contribution in [0.5, 0.6) is 0 Å². The van der Waals surface area contributed by atoms with Crippen LogP contribution in [0.1, 0.15) is 25.5 Å². The largest absolute Gasteiger partial charge is 0.362 e. The number of hydrogen-bond acceptors (Lipinski definition) is 4. The van der Waals surface area contributed by atoms with E-state index in [1.807, 2.05) is 11.8 Å². The molecule has 2 rings (SSSR count). The summed E-state index contributed by atoms with van der Waals surface area (Å²) in [5.74, 6) is 1.78. The third-order valence-corrected chi connectivity index (χ3v) is 3.74. The molecule has 1 atom stereocenters. The molecule has 0 amide bonds. The number of thioether (sulfide) groups is 1. The van der Waals surface area contributed by atoms with E-state index in [0.717, 1.165) is 5.75 Å². The standard InChI is InChI=1S/C14H16ClN3S/c1-3-19-12-6-4-11(5-7-12)10(2)17-14-9-16-8-13(15)18-14/h4-10H,3H2,1-2H3,(H,17,18). The van der Waals surface area contributed by atoms with Crippen LogP contribution >= 0.6 is 23.4 Å². The average molecular weight is 294 g/mol. The number of nitrogens with zero attached hydrogens (tertiary/aromatic N) is 2. The quantitative estimate of drug-likeness (QED) is 0.828. The van der Waals surface area contributed by atoms with Crippen LogP contribution in [0.2, 0.25) is 5.15 Å². The molecule has 5 heteroatoms. The summed E-state index contributed by atoms with van der Waals surface area (Å²) in [5, 5.41) is 3.68. The molecule has 1 N–H and O–H groups in total. The van der Waals surface area contributed by atoms with E-state index in [0.29, 0.717) is 11.0 Å². The van der Waals surface area contributed by atoms with Gasteiger partial charge in [0.15, 0.2) is 0 Å². The molecule has 0 saturated heterocycles. The zero-order chi connectivity index (χ0) is 13.7. The Hall–Kier alpha value is -1.26. The SMILES string of the molecule is CCSc1ccc(C(C)Nc2cncc(Cl)n2)cc1. The molecule has 0 bridgehead atoms. The van der Waals surface area contributed by atoms with Gasteiger partial charge in [0.25, 0.3) is 0 Å². The van der Waals surface area contributed by atoms with Gasteiger partial charge in [0.2, 0.25) is 0 Å². The van der Waals surface area contributed by atoms with Gasteiger partial charge in [-0.05, 0) is 30.4 Å². The van der Waals surface area contributed by atoms with E-state index in [9.17, 15) is 0 Å². The van der Waals surface area contributed by atoms with Crippen molar-refractivity contribution in [1.82, 2.24) is 9.97 Å². The van der Waals surface area contributed by atoms with Gasteiger partial charge in [0, 0.05) is 10.9 Å². The van der Waals surface area contributed by atoms with Crippen LogP contribution in [0, 0.1) is 0 Å². The maximum Gasteiger partial charge on any atom is 0.149 e. The minimum atomic E-state index is 0.161. The van der Waals surface area contributed by atoms with Gasteiger partial charge in [-0.2, -0.15) is 0 Å². The molecule has 0 radical (unpaired) electrons. The fourth-order valence-corrected chi connectivity index (χ4v) is 2.55. The monoisotopic (exact) mass is 293 g/mol. The molecule has 1 unspecified atom stereocenters. The van der Waals surface area contributed by atoms with E-state index in [1.165, 1.54) is 16.7 Å². The third kappa shape index (κ3) is 4.11. The van der Waals surface area contributed by atoms with Crippen molar-refractivity contribution in [3.05, 3.63) is 47.4 Å². The molecule has 0 aliphatic heterocycles. The molecule has 0 aliphatic rings. The van der Waals surface area contributed by atoms with E-state index in [1.54, 1.807) is 6.20 Å². The summed E-state index contributed by atoms with van der Waals surface area (Å²) in [5.41, 5.74) is 1.21. The van der Waals surface area contributed by atoms with E-state index < -0.39 is 0 Å². The average Bonchev–Trinajstić information content (AvgIpc) is 2.40. The first-order valence-electron chi connectivity index (χ1n) is 6.16. The van der Waals surface area contributed by atoms with Gasteiger partial charge < -0.3 is 5.32 Å². The lowest BCUT2D eigenvalue weighted by Crippen LogP contribution is -2.08. The second kappa shape index (κ2) is 6.78. The molecule has 0 saturated carbocycles. The van der Waals surface area contributed by atoms with E-state index in [2.05, 4.69) is 53.4 Å². The highest BCUT2D eigenvalue weighted by Crippen LogP contribution is 2.22.